The fourth-order valence-electron chi connectivity index (χ4n) is 6.63. The first-order valence-electron chi connectivity index (χ1n) is 16.7. The zero-order chi connectivity index (χ0) is 34.2. The van der Waals surface area contributed by atoms with E-state index >= 15 is 0 Å². The van der Waals surface area contributed by atoms with Gasteiger partial charge in [-0.3, -0.25) is 9.69 Å². The number of likely N-dealkylation sites (tertiary alicyclic amines) is 2. The molecular formula is C36H45N7O5. The molecule has 2 aromatic carbocycles. The van der Waals surface area contributed by atoms with Crippen LogP contribution in [0.1, 0.15) is 84.0 Å². The molecule has 0 radical (unpaired) electrons. The molecule has 3 N–H and O–H groups in total. The number of rotatable bonds is 7. The summed E-state index contributed by atoms with van der Waals surface area (Å²) in [5.74, 6) is 1.27. The number of fused-ring (bicyclic) bond motifs is 1. The summed E-state index contributed by atoms with van der Waals surface area (Å²) in [6, 6.07) is 13.3. The molecule has 2 aromatic heterocycles. The van der Waals surface area contributed by atoms with E-state index in [1.54, 1.807) is 4.90 Å². The van der Waals surface area contributed by atoms with Crippen molar-refractivity contribution < 1.29 is 23.9 Å². The van der Waals surface area contributed by atoms with Crippen LogP contribution in [-0.2, 0) is 14.3 Å². The Morgan fingerprint density at radius 1 is 0.896 bits per heavy atom. The van der Waals surface area contributed by atoms with Crippen molar-refractivity contribution in [1.29, 1.82) is 0 Å². The highest BCUT2D eigenvalue weighted by molar-refractivity contribution is 5.87. The fraction of sp³-hybridized carbons (Fsp3) is 0.472. The van der Waals surface area contributed by atoms with Crippen molar-refractivity contribution >= 4 is 29.1 Å². The van der Waals surface area contributed by atoms with Crippen LogP contribution in [0.5, 0.6) is 0 Å². The van der Waals surface area contributed by atoms with Gasteiger partial charge in [0, 0.05) is 24.8 Å². The molecular weight excluding hydrogens is 610 g/mol. The first kappa shape index (κ1) is 33.0. The molecule has 0 saturated carbocycles. The second-order valence-electron chi connectivity index (χ2n) is 14.0. The number of aromatic amines is 2. The summed E-state index contributed by atoms with van der Waals surface area (Å²) in [5, 5.41) is 2.70. The van der Waals surface area contributed by atoms with Crippen LogP contribution in [0.15, 0.2) is 48.7 Å². The number of nitrogens with zero attached hydrogens (tertiary/aromatic N) is 4. The average molecular weight is 656 g/mol. The SMILES string of the molecule is COC(=O)N[C@H](C(=O)N1CCC[C@H]1c1nc2cc(-c3ccc(-c4c[nH]c([C@@H]5CCCN5C(=O)OC(C)(C)C)n4)cc3)ccc2[nH]1)C(C)C. The lowest BCUT2D eigenvalue weighted by Gasteiger charge is -2.29. The third kappa shape index (κ3) is 6.88. The molecule has 4 heterocycles. The first-order chi connectivity index (χ1) is 22.9. The summed E-state index contributed by atoms with van der Waals surface area (Å²) in [5.41, 5.74) is 5.02. The summed E-state index contributed by atoms with van der Waals surface area (Å²) in [6.07, 6.45) is 4.34. The fourth-order valence-corrected chi connectivity index (χ4v) is 6.63. The summed E-state index contributed by atoms with van der Waals surface area (Å²) < 4.78 is 10.4. The maximum Gasteiger partial charge on any atom is 0.410 e. The Kier molecular flexibility index (Phi) is 9.18. The van der Waals surface area contributed by atoms with E-state index < -0.39 is 17.7 Å². The lowest BCUT2D eigenvalue weighted by molar-refractivity contribution is -0.135. The van der Waals surface area contributed by atoms with Gasteiger partial charge in [0.05, 0.1) is 35.9 Å². The highest BCUT2D eigenvalue weighted by atomic mass is 16.6. The number of hydrogen-bond donors (Lipinski definition) is 3. The maximum atomic E-state index is 13.5. The van der Waals surface area contributed by atoms with E-state index in [-0.39, 0.29) is 30.0 Å². The molecule has 48 heavy (non-hydrogen) atoms. The molecule has 6 rings (SSSR count). The molecule has 0 bridgehead atoms. The second-order valence-corrected chi connectivity index (χ2v) is 14.0. The predicted octanol–water partition coefficient (Wildman–Crippen LogP) is 6.74. The van der Waals surface area contributed by atoms with Gasteiger partial charge in [0.25, 0.3) is 0 Å². The molecule has 0 aliphatic carbocycles. The first-order valence-corrected chi connectivity index (χ1v) is 16.7. The van der Waals surface area contributed by atoms with Crippen LogP contribution in [0, 0.1) is 5.92 Å². The number of methoxy groups -OCH3 is 1. The Balaban J connectivity index is 1.16. The van der Waals surface area contributed by atoms with E-state index in [0.717, 1.165) is 70.7 Å². The summed E-state index contributed by atoms with van der Waals surface area (Å²) in [6.45, 7) is 10.7. The number of aromatic nitrogens is 4. The van der Waals surface area contributed by atoms with Crippen LogP contribution in [0.25, 0.3) is 33.4 Å². The third-order valence-corrected chi connectivity index (χ3v) is 9.05. The minimum absolute atomic E-state index is 0.0978. The molecule has 12 nitrogen and oxygen atoms in total. The Morgan fingerprint density at radius 3 is 2.21 bits per heavy atom. The highest BCUT2D eigenvalue weighted by Gasteiger charge is 2.38. The quantitative estimate of drug-likeness (QED) is 0.200. The van der Waals surface area contributed by atoms with Crippen LogP contribution in [0.3, 0.4) is 0 Å². The third-order valence-electron chi connectivity index (χ3n) is 9.05. The number of alkyl carbamates (subject to hydrolysis) is 1. The molecule has 0 spiro atoms. The minimum Gasteiger partial charge on any atom is -0.453 e. The van der Waals surface area contributed by atoms with E-state index in [2.05, 4.69) is 39.6 Å². The van der Waals surface area contributed by atoms with Crippen molar-refractivity contribution in [3.05, 3.63) is 60.3 Å². The van der Waals surface area contributed by atoms with Crippen molar-refractivity contribution in [2.24, 2.45) is 5.92 Å². The smallest absolute Gasteiger partial charge is 0.410 e. The molecule has 2 saturated heterocycles. The topological polar surface area (TPSA) is 146 Å². The number of carbonyl (C=O) groups excluding carboxylic acids is 3. The van der Waals surface area contributed by atoms with Crippen LogP contribution in [-0.4, -0.2) is 79.7 Å². The predicted molar refractivity (Wildman–Crippen MR) is 182 cm³/mol. The highest BCUT2D eigenvalue weighted by Crippen LogP contribution is 2.35. The van der Waals surface area contributed by atoms with Crippen molar-refractivity contribution in [2.75, 3.05) is 20.2 Å². The van der Waals surface area contributed by atoms with Crippen LogP contribution in [0.4, 0.5) is 9.59 Å². The van der Waals surface area contributed by atoms with E-state index in [9.17, 15) is 14.4 Å². The van der Waals surface area contributed by atoms with E-state index in [1.165, 1.54) is 7.11 Å². The number of carbonyl (C=O) groups is 3. The van der Waals surface area contributed by atoms with Gasteiger partial charge >= 0.3 is 12.2 Å². The van der Waals surface area contributed by atoms with Gasteiger partial charge in [-0.15, -0.1) is 0 Å². The number of imidazole rings is 2. The van der Waals surface area contributed by atoms with Gasteiger partial charge in [-0.2, -0.15) is 0 Å². The van der Waals surface area contributed by atoms with Gasteiger partial charge in [0.15, 0.2) is 0 Å². The van der Waals surface area contributed by atoms with E-state index in [0.29, 0.717) is 13.1 Å². The summed E-state index contributed by atoms with van der Waals surface area (Å²) >= 11 is 0. The monoisotopic (exact) mass is 655 g/mol. The molecule has 3 amide bonds. The molecule has 2 fully saturated rings. The number of nitrogens with one attached hydrogen (secondary N) is 3. The average Bonchev–Trinajstić information content (AvgIpc) is 3.87. The van der Waals surface area contributed by atoms with Gasteiger partial charge in [-0.25, -0.2) is 19.6 Å². The van der Waals surface area contributed by atoms with Gasteiger partial charge < -0.3 is 29.7 Å². The standard InChI is InChI=1S/C36H45N7O5/c1-21(2)30(41-34(45)47-6)33(44)42-17-7-10-29(42)32-38-25-16-15-24(19-26(25)39-32)22-11-13-23(14-12-22)27-20-37-31(40-27)28-9-8-18-43(28)35(46)48-36(3,4)5/h11-16,19-21,28-30H,7-10,17-18H2,1-6H3,(H,37,40)(H,38,39)(H,41,45)/t28-,29-,30-/m0/s1. The van der Waals surface area contributed by atoms with Gasteiger partial charge in [-0.1, -0.05) is 44.2 Å². The zero-order valence-corrected chi connectivity index (χ0v) is 28.5. The Morgan fingerprint density at radius 2 is 1.54 bits per heavy atom. The normalized spacial score (nSPS) is 18.8. The van der Waals surface area contributed by atoms with Crippen LogP contribution >= 0.6 is 0 Å². The number of benzene rings is 2. The lowest BCUT2D eigenvalue weighted by Crippen LogP contribution is -2.51. The van der Waals surface area contributed by atoms with Gasteiger partial charge in [0.1, 0.15) is 23.3 Å². The van der Waals surface area contributed by atoms with Crippen molar-refractivity contribution in [2.45, 2.75) is 84.0 Å². The van der Waals surface area contributed by atoms with E-state index in [1.807, 2.05) is 63.9 Å². The number of ether oxygens (including phenoxy) is 2. The molecule has 2 aliphatic heterocycles. The Labute approximate surface area is 280 Å². The second kappa shape index (κ2) is 13.3. The number of H-pyrrole nitrogens is 2. The van der Waals surface area contributed by atoms with Crippen molar-refractivity contribution in [1.82, 2.24) is 35.1 Å². The Bertz CT molecular complexity index is 1790. The minimum atomic E-state index is -0.681. The summed E-state index contributed by atoms with van der Waals surface area (Å²) in [7, 11) is 1.29. The van der Waals surface area contributed by atoms with Crippen molar-refractivity contribution in [3.63, 3.8) is 0 Å². The molecule has 0 unspecified atom stereocenters. The van der Waals surface area contributed by atoms with Crippen molar-refractivity contribution in [3.8, 4) is 22.4 Å². The zero-order valence-electron chi connectivity index (χ0n) is 28.5. The largest absolute Gasteiger partial charge is 0.453 e. The molecule has 2 aliphatic rings. The number of hydrogen-bond acceptors (Lipinski definition) is 7. The van der Waals surface area contributed by atoms with Crippen LogP contribution < -0.4 is 5.32 Å². The summed E-state index contributed by atoms with van der Waals surface area (Å²) in [4.78, 5) is 58.4. The molecule has 254 valence electrons. The molecule has 3 atom stereocenters. The maximum absolute atomic E-state index is 13.5. The van der Waals surface area contributed by atoms with Gasteiger partial charge in [-0.05, 0) is 75.6 Å². The Hall–Kier alpha value is -4.87. The lowest BCUT2D eigenvalue weighted by atomic mass is 10.0. The van der Waals surface area contributed by atoms with Crippen LogP contribution in [0.2, 0.25) is 0 Å². The van der Waals surface area contributed by atoms with Gasteiger partial charge in [0.2, 0.25) is 5.91 Å². The molecule has 4 aromatic rings. The van der Waals surface area contributed by atoms with E-state index in [4.69, 9.17) is 19.4 Å². The molecule has 12 heteroatoms. The number of amides is 3.